The van der Waals surface area contributed by atoms with Gasteiger partial charge in [0.2, 0.25) is 5.71 Å². The molecule has 0 radical (unpaired) electrons. The molecule has 0 fully saturated rings. The van der Waals surface area contributed by atoms with E-state index in [1.165, 1.54) is 12.3 Å². The van der Waals surface area contributed by atoms with Crippen molar-refractivity contribution in [3.05, 3.63) is 211 Å². The minimum absolute atomic E-state index is 0. The van der Waals surface area contributed by atoms with Gasteiger partial charge in [-0.3, -0.25) is 4.39 Å². The van der Waals surface area contributed by atoms with Crippen LogP contribution in [0.3, 0.4) is 0 Å². The van der Waals surface area contributed by atoms with Gasteiger partial charge in [-0.2, -0.15) is 0 Å². The molecule has 3 nitrogen and oxygen atoms in total. The maximum atomic E-state index is 15.1. The number of benzene rings is 7. The van der Waals surface area contributed by atoms with E-state index in [4.69, 9.17) is 11.3 Å². The first-order chi connectivity index (χ1) is 31.2. The summed E-state index contributed by atoms with van der Waals surface area (Å²) >= 11 is -2.34. The molecule has 0 saturated carbocycles. The van der Waals surface area contributed by atoms with Crippen molar-refractivity contribution in [2.24, 2.45) is 0 Å². The third-order valence-electron chi connectivity index (χ3n) is 10.5. The van der Waals surface area contributed by atoms with Crippen LogP contribution in [0.4, 0.5) is 4.39 Å². The van der Waals surface area contributed by atoms with Crippen molar-refractivity contribution in [3.63, 3.8) is 0 Å². The molecule has 10 aromatic rings. The van der Waals surface area contributed by atoms with Gasteiger partial charge in [0.15, 0.2) is 0 Å². The largest absolute Gasteiger partial charge is 3.00 e. The summed E-state index contributed by atoms with van der Waals surface area (Å²) in [7, 11) is 0. The predicted molar refractivity (Wildman–Crippen MR) is 248 cm³/mol. The van der Waals surface area contributed by atoms with Crippen molar-refractivity contribution >= 4 is 50.5 Å². The number of nitrogens with zero attached hydrogens (tertiary/aromatic N) is 2. The van der Waals surface area contributed by atoms with Gasteiger partial charge in [-0.15, -0.1) is 12.1 Å². The van der Waals surface area contributed by atoms with E-state index >= 15 is 4.39 Å². The van der Waals surface area contributed by atoms with Crippen LogP contribution in [-0.2, 0) is 26.5 Å². The van der Waals surface area contributed by atoms with Crippen molar-refractivity contribution in [1.82, 2.24) is 9.97 Å². The molecule has 0 spiro atoms. The van der Waals surface area contributed by atoms with Gasteiger partial charge in [-0.05, 0) is 40.0 Å². The van der Waals surface area contributed by atoms with Crippen LogP contribution in [0.1, 0.15) is 23.5 Å². The molecule has 0 aliphatic rings. The van der Waals surface area contributed by atoms with Crippen LogP contribution in [-0.4, -0.2) is 23.2 Å². The van der Waals surface area contributed by atoms with Gasteiger partial charge in [0.25, 0.3) is 0 Å². The standard InChI is InChI=1S/C28H26Ge.C27H16FN2O.Ir/c1-29(2,3)28-18-17-26(21-27(28)19-22-11-6-4-7-12-22)25-16-10-15-24(20-25)23-13-8-5-9-14-23;1-16-14-29-23(13-21(16)17-7-3-2-4-8-17)20-11-12-22(28)25-24-19-10-6-5-9-18(19)15-30-27(24)31-26(20)25;/h4-15,18,20-21H,19H2,1-3H3;2-10,12-15H,1H3;/q-2;-1;+3/i19D2;1D3;. The van der Waals surface area contributed by atoms with E-state index in [-0.39, 0.29) is 31.3 Å². The number of aromatic nitrogens is 2. The SMILES string of the molecule is [2H]C([2H])([2H])c1cnc(-c2[c-]cc(F)c3c2oc2ncc4ccccc4c23)cc1-c1ccccc1.[2H]C([2H])(c1ccccc1)c1cc(-c2[c-]ccc(-c3ccccc3)c2)[c-]c[c]1[Ge]([CH3])([CH3])[CH3].[Ir+3]. The number of hydrogen-bond donors (Lipinski definition) is 0. The fraction of sp³-hybridized carbons (Fsp3) is 0.0909. The Morgan fingerprint density at radius 2 is 1.38 bits per heavy atom. The minimum atomic E-state index is -2.35. The Kier molecular flexibility index (Phi) is 10.5. The van der Waals surface area contributed by atoms with Gasteiger partial charge in [0.05, 0.1) is 5.58 Å². The van der Waals surface area contributed by atoms with Crippen LogP contribution in [0.2, 0.25) is 17.3 Å². The number of aryl methyl sites for hydroxylation is 1. The smallest absolute Gasteiger partial charge is 3.00 e. The summed E-state index contributed by atoms with van der Waals surface area (Å²) in [4.78, 5) is 8.81. The van der Waals surface area contributed by atoms with Gasteiger partial charge in [-0.25, -0.2) is 4.98 Å². The molecule has 0 atom stereocenters. The zero-order valence-corrected chi connectivity index (χ0v) is 38.2. The molecule has 10 rings (SSSR count). The fourth-order valence-corrected chi connectivity index (χ4v) is 10.6. The number of hydrogen-bond acceptors (Lipinski definition) is 3. The topological polar surface area (TPSA) is 38.9 Å². The normalized spacial score (nSPS) is 13.0. The maximum absolute atomic E-state index is 15.1. The third kappa shape index (κ3) is 8.78. The summed E-state index contributed by atoms with van der Waals surface area (Å²) < 4.78 is 64.3. The first-order valence-electron chi connectivity index (χ1n) is 22.2. The average Bonchev–Trinajstić information content (AvgIpc) is 3.73. The number of rotatable bonds is 7. The summed E-state index contributed by atoms with van der Waals surface area (Å²) in [5.41, 5.74) is 8.38. The Hall–Kier alpha value is -5.98. The summed E-state index contributed by atoms with van der Waals surface area (Å²) in [6.07, 6.45) is 1.47. The number of furan rings is 1. The third-order valence-corrected chi connectivity index (χ3v) is 14.8. The predicted octanol–water partition coefficient (Wildman–Crippen LogP) is 13.9. The van der Waals surface area contributed by atoms with Crippen LogP contribution in [0.15, 0.2) is 175 Å². The van der Waals surface area contributed by atoms with E-state index in [9.17, 15) is 0 Å². The van der Waals surface area contributed by atoms with Gasteiger partial charge in [0.1, 0.15) is 0 Å². The molecule has 0 unspecified atom stereocenters. The van der Waals surface area contributed by atoms with E-state index < -0.39 is 32.3 Å². The van der Waals surface area contributed by atoms with E-state index in [1.807, 2.05) is 121 Å². The average molecular weight is 1040 g/mol. The van der Waals surface area contributed by atoms with E-state index in [2.05, 4.69) is 69.7 Å². The van der Waals surface area contributed by atoms with Crippen molar-refractivity contribution in [2.45, 2.75) is 30.5 Å². The number of pyridine rings is 2. The van der Waals surface area contributed by atoms with Crippen molar-refractivity contribution in [2.75, 3.05) is 0 Å². The molecule has 3 aromatic heterocycles. The molecule has 298 valence electrons. The number of halogens is 1. The minimum Gasteiger partial charge on any atom is 3.00 e. The molecule has 6 heteroatoms. The second-order valence-corrected chi connectivity index (χ2v) is 26.2. The Morgan fingerprint density at radius 3 is 2.11 bits per heavy atom. The van der Waals surface area contributed by atoms with Gasteiger partial charge in [0, 0.05) is 33.1 Å². The number of fused-ring (bicyclic) bond motifs is 5. The van der Waals surface area contributed by atoms with Crippen molar-refractivity contribution < 1.29 is 35.8 Å². The Balaban J connectivity index is 0.000000178. The van der Waals surface area contributed by atoms with Gasteiger partial charge in [-0.1, -0.05) is 66.2 Å². The van der Waals surface area contributed by atoms with Crippen LogP contribution in [0.5, 0.6) is 0 Å². The molecule has 0 aliphatic carbocycles. The summed E-state index contributed by atoms with van der Waals surface area (Å²) in [5.74, 6) is 6.43. The second-order valence-electron chi connectivity index (χ2n) is 15.6. The summed E-state index contributed by atoms with van der Waals surface area (Å²) in [6, 6.07) is 59.4. The monoisotopic (exact) mass is 1040 g/mol. The van der Waals surface area contributed by atoms with Crippen LogP contribution in [0, 0.1) is 30.9 Å². The fourth-order valence-electron chi connectivity index (χ4n) is 7.52. The molecule has 3 heterocycles. The van der Waals surface area contributed by atoms with Gasteiger partial charge < -0.3 is 9.40 Å². The molecule has 61 heavy (non-hydrogen) atoms. The van der Waals surface area contributed by atoms with E-state index in [0.717, 1.165) is 48.5 Å². The van der Waals surface area contributed by atoms with Crippen LogP contribution < -0.4 is 4.40 Å². The zero-order chi connectivity index (χ0) is 45.5. The van der Waals surface area contributed by atoms with E-state index in [1.54, 1.807) is 12.3 Å². The molecule has 0 amide bonds. The summed E-state index contributed by atoms with van der Waals surface area (Å²) in [6.45, 7) is -2.35. The molecule has 7 aromatic carbocycles. The molecule has 0 aliphatic heterocycles. The Labute approximate surface area is 380 Å². The van der Waals surface area contributed by atoms with Crippen molar-refractivity contribution in [3.8, 4) is 44.6 Å². The quantitative estimate of drug-likeness (QED) is 0.118. The summed E-state index contributed by atoms with van der Waals surface area (Å²) in [5, 5.41) is 2.59. The zero-order valence-electron chi connectivity index (χ0n) is 38.7. The first-order valence-corrected chi connectivity index (χ1v) is 27.1. The molecule has 0 N–H and O–H groups in total. The first kappa shape index (κ1) is 35.7. The molecular weight excluding hydrogens is 988 g/mol. The van der Waals surface area contributed by atoms with Crippen LogP contribution in [0.25, 0.3) is 77.5 Å². The molecule has 0 saturated heterocycles. The molecule has 0 bridgehead atoms. The Bertz CT molecular complexity index is 3340. The van der Waals surface area contributed by atoms with Gasteiger partial charge >= 0.3 is 201 Å². The Morgan fingerprint density at radius 1 is 0.689 bits per heavy atom. The molecular formula is C55H42FGeIrN2O. The second kappa shape index (κ2) is 17.9. The maximum Gasteiger partial charge on any atom is 3.00 e. The van der Waals surface area contributed by atoms with E-state index in [0.29, 0.717) is 38.9 Å². The van der Waals surface area contributed by atoms with Crippen molar-refractivity contribution in [1.29, 1.82) is 0 Å². The van der Waals surface area contributed by atoms with Crippen LogP contribution >= 0.6 is 0 Å².